The summed E-state index contributed by atoms with van der Waals surface area (Å²) >= 11 is 0. The van der Waals surface area contributed by atoms with Crippen molar-refractivity contribution in [3.63, 3.8) is 0 Å². The first kappa shape index (κ1) is 12.4. The minimum atomic E-state index is 0.648. The van der Waals surface area contributed by atoms with Gasteiger partial charge in [0.05, 0.1) is 0 Å². The maximum atomic E-state index is 2.54. The predicted octanol–water partition coefficient (Wildman–Crippen LogP) is 4.03. The number of fused-ring (bicyclic) bond motifs is 2. The topological polar surface area (TPSA) is 3.24 Å². The van der Waals surface area contributed by atoms with E-state index >= 15 is 0 Å². The Kier molecular flexibility index (Phi) is 2.85. The Morgan fingerprint density at radius 2 is 2.10 bits per heavy atom. The van der Waals surface area contributed by atoms with Crippen LogP contribution in [0.3, 0.4) is 0 Å². The van der Waals surface area contributed by atoms with E-state index in [0.29, 0.717) is 17.9 Å². The van der Waals surface area contributed by atoms with Gasteiger partial charge in [-0.05, 0) is 56.5 Å². The van der Waals surface area contributed by atoms with Crippen molar-refractivity contribution in [3.05, 3.63) is 58.7 Å². The Labute approximate surface area is 122 Å². The lowest BCUT2D eigenvalue weighted by atomic mass is 9.65. The average molecular weight is 265 g/mol. The third-order valence-electron chi connectivity index (χ3n) is 5.43. The highest BCUT2D eigenvalue weighted by molar-refractivity contribution is 5.57. The molecule has 0 aliphatic heterocycles. The molecule has 0 amide bonds. The highest BCUT2D eigenvalue weighted by Gasteiger charge is 2.37. The van der Waals surface area contributed by atoms with Crippen LogP contribution < -0.4 is 0 Å². The summed E-state index contributed by atoms with van der Waals surface area (Å²) in [5.74, 6) is 1.32. The highest BCUT2D eigenvalue weighted by Crippen LogP contribution is 2.49. The van der Waals surface area contributed by atoms with E-state index < -0.39 is 0 Å². The number of rotatable bonds is 1. The fourth-order valence-electron chi connectivity index (χ4n) is 4.34. The Morgan fingerprint density at radius 3 is 2.95 bits per heavy atom. The first-order valence-electron chi connectivity index (χ1n) is 7.87. The van der Waals surface area contributed by atoms with Crippen molar-refractivity contribution in [2.45, 2.75) is 31.7 Å². The summed E-state index contributed by atoms with van der Waals surface area (Å²) in [7, 11) is 4.45. The van der Waals surface area contributed by atoms with Crippen LogP contribution in [0.15, 0.2) is 58.7 Å². The second kappa shape index (κ2) is 4.60. The van der Waals surface area contributed by atoms with Gasteiger partial charge in [-0.2, -0.15) is 0 Å². The molecule has 0 aromatic carbocycles. The van der Waals surface area contributed by atoms with Crippen molar-refractivity contribution in [2.75, 3.05) is 14.1 Å². The number of allylic oxidation sites excluding steroid dienone is 9. The van der Waals surface area contributed by atoms with Gasteiger partial charge in [-0.3, -0.25) is 0 Å². The van der Waals surface area contributed by atoms with Crippen molar-refractivity contribution >= 4 is 0 Å². The van der Waals surface area contributed by atoms with E-state index in [2.05, 4.69) is 55.5 Å². The number of hydrogen-bond acceptors (Lipinski definition) is 1. The molecule has 4 aliphatic carbocycles. The summed E-state index contributed by atoms with van der Waals surface area (Å²) in [6, 6.07) is 0.690. The Bertz CT molecular complexity index is 583. The molecule has 4 aliphatic rings. The zero-order chi connectivity index (χ0) is 13.7. The van der Waals surface area contributed by atoms with Crippen LogP contribution in [-0.4, -0.2) is 25.0 Å². The maximum absolute atomic E-state index is 2.54. The molecule has 0 heterocycles. The van der Waals surface area contributed by atoms with Gasteiger partial charge in [0.2, 0.25) is 0 Å². The summed E-state index contributed by atoms with van der Waals surface area (Å²) < 4.78 is 0. The van der Waals surface area contributed by atoms with Gasteiger partial charge in [-0.15, -0.1) is 0 Å². The lowest BCUT2D eigenvalue weighted by molar-refractivity contribution is 0.252. The molecule has 0 aromatic rings. The SMILES string of the molecule is CN(C)C1CC2=C3C(=CC=CC3C1)C1CC=CCC1=C2. The van der Waals surface area contributed by atoms with Gasteiger partial charge >= 0.3 is 0 Å². The molecule has 1 nitrogen and oxygen atoms in total. The van der Waals surface area contributed by atoms with Gasteiger partial charge in [0.1, 0.15) is 0 Å². The van der Waals surface area contributed by atoms with Crippen molar-refractivity contribution < 1.29 is 0 Å². The minimum Gasteiger partial charge on any atom is -0.306 e. The maximum Gasteiger partial charge on any atom is 0.0138 e. The van der Waals surface area contributed by atoms with Crippen LogP contribution in [0.5, 0.6) is 0 Å². The van der Waals surface area contributed by atoms with E-state index in [0.717, 1.165) is 6.42 Å². The average Bonchev–Trinajstić information content (AvgIpc) is 2.47. The van der Waals surface area contributed by atoms with Gasteiger partial charge in [-0.25, -0.2) is 0 Å². The van der Waals surface area contributed by atoms with E-state index in [4.69, 9.17) is 0 Å². The van der Waals surface area contributed by atoms with Crippen LogP contribution in [0.25, 0.3) is 0 Å². The Hall–Kier alpha value is -1.34. The van der Waals surface area contributed by atoms with Crippen LogP contribution in [0.1, 0.15) is 25.7 Å². The molecule has 3 unspecified atom stereocenters. The second-order valence-electron chi connectivity index (χ2n) is 6.79. The summed E-state index contributed by atoms with van der Waals surface area (Å²) in [5.41, 5.74) is 6.57. The molecule has 0 saturated carbocycles. The summed E-state index contributed by atoms with van der Waals surface area (Å²) in [6.45, 7) is 0. The largest absolute Gasteiger partial charge is 0.306 e. The van der Waals surface area contributed by atoms with E-state index in [1.54, 1.807) is 22.3 Å². The van der Waals surface area contributed by atoms with Crippen molar-refractivity contribution in [1.82, 2.24) is 4.90 Å². The summed E-state index contributed by atoms with van der Waals surface area (Å²) in [6.07, 6.45) is 19.2. The molecule has 0 saturated heterocycles. The van der Waals surface area contributed by atoms with E-state index in [-0.39, 0.29) is 0 Å². The lowest BCUT2D eigenvalue weighted by Crippen LogP contribution is -2.36. The lowest BCUT2D eigenvalue weighted by Gasteiger charge is -2.42. The molecule has 20 heavy (non-hydrogen) atoms. The smallest absolute Gasteiger partial charge is 0.0138 e. The Morgan fingerprint density at radius 1 is 1.20 bits per heavy atom. The quantitative estimate of drug-likeness (QED) is 0.647. The van der Waals surface area contributed by atoms with Crippen LogP contribution in [-0.2, 0) is 0 Å². The van der Waals surface area contributed by atoms with Gasteiger partial charge in [0.25, 0.3) is 0 Å². The molecule has 0 N–H and O–H groups in total. The molecule has 4 rings (SSSR count). The van der Waals surface area contributed by atoms with Gasteiger partial charge in [0.15, 0.2) is 0 Å². The van der Waals surface area contributed by atoms with Crippen LogP contribution >= 0.6 is 0 Å². The normalized spacial score (nSPS) is 34.6. The zero-order valence-corrected chi connectivity index (χ0v) is 12.5. The Balaban J connectivity index is 1.80. The zero-order valence-electron chi connectivity index (χ0n) is 12.5. The molecular weight excluding hydrogens is 242 g/mol. The second-order valence-corrected chi connectivity index (χ2v) is 6.79. The first-order chi connectivity index (χ1) is 9.74. The van der Waals surface area contributed by atoms with Crippen molar-refractivity contribution in [1.29, 1.82) is 0 Å². The minimum absolute atomic E-state index is 0.648. The fraction of sp³-hybridized carbons (Fsp3) is 0.474. The third kappa shape index (κ3) is 1.80. The fourth-order valence-corrected chi connectivity index (χ4v) is 4.34. The predicted molar refractivity (Wildman–Crippen MR) is 84.4 cm³/mol. The van der Waals surface area contributed by atoms with Gasteiger partial charge in [-0.1, -0.05) is 42.0 Å². The van der Waals surface area contributed by atoms with E-state index in [9.17, 15) is 0 Å². The van der Waals surface area contributed by atoms with Crippen LogP contribution in [0.4, 0.5) is 0 Å². The monoisotopic (exact) mass is 265 g/mol. The standard InChI is InChI=1S/C19H23N/c1-20(2)16-11-14-7-5-9-18-17-8-4-3-6-13(17)10-15(12-16)19(14)18/h3-5,7,9-10,14,16-17H,6,8,11-12H2,1-2H3. The molecule has 0 spiro atoms. The van der Waals surface area contributed by atoms with Crippen molar-refractivity contribution in [2.24, 2.45) is 11.8 Å². The molecule has 104 valence electrons. The molecule has 0 radical (unpaired) electrons. The van der Waals surface area contributed by atoms with Crippen LogP contribution in [0, 0.1) is 11.8 Å². The van der Waals surface area contributed by atoms with Gasteiger partial charge < -0.3 is 4.90 Å². The van der Waals surface area contributed by atoms with Crippen molar-refractivity contribution in [3.8, 4) is 0 Å². The first-order valence-corrected chi connectivity index (χ1v) is 7.87. The van der Waals surface area contributed by atoms with E-state index in [1.807, 2.05) is 0 Å². The highest BCUT2D eigenvalue weighted by atomic mass is 15.1. The third-order valence-corrected chi connectivity index (χ3v) is 5.43. The molecular formula is C19H23N. The molecule has 0 fully saturated rings. The summed E-state index contributed by atoms with van der Waals surface area (Å²) in [4.78, 5) is 2.40. The summed E-state index contributed by atoms with van der Waals surface area (Å²) in [5, 5.41) is 0. The molecule has 1 heteroatoms. The number of hydrogen-bond donors (Lipinski definition) is 0. The number of nitrogens with zero attached hydrogens (tertiary/aromatic N) is 1. The van der Waals surface area contributed by atoms with E-state index in [1.165, 1.54) is 19.3 Å². The van der Waals surface area contributed by atoms with Gasteiger partial charge in [0, 0.05) is 17.9 Å². The molecule has 0 aromatic heterocycles. The molecule has 3 atom stereocenters. The van der Waals surface area contributed by atoms with Crippen LogP contribution in [0.2, 0.25) is 0 Å². The molecule has 0 bridgehead atoms.